The number of benzene rings is 2. The molecule has 0 bridgehead atoms. The van der Waals surface area contributed by atoms with Crippen LogP contribution in [0, 0.1) is 0 Å². The largest absolute Gasteiger partial charge is 0.493 e. The van der Waals surface area contributed by atoms with Crippen molar-refractivity contribution in [1.82, 2.24) is 19.6 Å². The molecule has 4 unspecified atom stereocenters. The van der Waals surface area contributed by atoms with Gasteiger partial charge in [-0.15, -0.1) is 24.2 Å². The van der Waals surface area contributed by atoms with Crippen molar-refractivity contribution >= 4 is 42.3 Å². The predicted molar refractivity (Wildman–Crippen MR) is 244 cm³/mol. The van der Waals surface area contributed by atoms with E-state index in [2.05, 4.69) is 102 Å². The number of hydrogen-bond acceptors (Lipinski definition) is 7. The number of ether oxygens (including phenoxy) is 1. The first-order valence-corrected chi connectivity index (χ1v) is 22.0. The highest BCUT2D eigenvalue weighted by atomic mass is 35.5. The lowest BCUT2D eigenvalue weighted by atomic mass is 9.90. The zero-order valence-corrected chi connectivity index (χ0v) is 38.9. The van der Waals surface area contributed by atoms with Gasteiger partial charge in [-0.2, -0.15) is 0 Å². The molecule has 1 fully saturated rings. The van der Waals surface area contributed by atoms with Gasteiger partial charge in [-0.3, -0.25) is 14.6 Å². The van der Waals surface area contributed by atoms with Crippen molar-refractivity contribution in [3.05, 3.63) is 83.0 Å². The standard InChI is InChI=1S/C32H40ClN3O3S.C7H16.C5H13N.C3H6O/c1-6-19-35(7-2)32(38)36-30(23-9-14-25(33)15-10-23)29(22-11-16-26(40)17-12-22)34(5)31(36)27-18-13-24(21(4)37)20-28(27)39-8-3;1-3-5-7-6-4-2;1-5(2)6(3)4;1-2-3-4/h9-14,16-18,20,25,29-31,40H,6-8,15,19H2,1-5H3;3-7H2,1-2H3;5H,1-4H3;3H,2H2,1H3. The van der Waals surface area contributed by atoms with Crippen LogP contribution in [0.4, 0.5) is 4.79 Å². The minimum Gasteiger partial charge on any atom is -0.493 e. The summed E-state index contributed by atoms with van der Waals surface area (Å²) in [6.45, 7) is 19.9. The number of thiol groups is 1. The Labute approximate surface area is 357 Å². The lowest BCUT2D eigenvalue weighted by molar-refractivity contribution is -0.107. The van der Waals surface area contributed by atoms with E-state index in [4.69, 9.17) is 16.3 Å². The highest BCUT2D eigenvalue weighted by Gasteiger charge is 2.51. The molecule has 1 saturated heterocycles. The molecule has 1 aliphatic heterocycles. The third kappa shape index (κ3) is 16.6. The summed E-state index contributed by atoms with van der Waals surface area (Å²) in [5.74, 6) is 0.582. The van der Waals surface area contributed by atoms with Gasteiger partial charge in [0.25, 0.3) is 0 Å². The maximum atomic E-state index is 14.5. The third-order valence-electron chi connectivity index (χ3n) is 10.1. The number of aldehydes is 1. The lowest BCUT2D eigenvalue weighted by Crippen LogP contribution is -2.48. The first-order chi connectivity index (χ1) is 27.2. The Morgan fingerprint density at radius 3 is 1.98 bits per heavy atom. The lowest BCUT2D eigenvalue weighted by Gasteiger charge is -2.37. The molecule has 320 valence electrons. The van der Waals surface area contributed by atoms with Crippen molar-refractivity contribution < 1.29 is 19.1 Å². The number of rotatable bonds is 15. The van der Waals surface area contributed by atoms with Crippen molar-refractivity contribution in [2.75, 3.05) is 40.8 Å². The molecule has 57 heavy (non-hydrogen) atoms. The predicted octanol–water partition coefficient (Wildman–Crippen LogP) is 11.8. The number of Topliss-reactive ketones (excluding diaryl/α,β-unsaturated/α-hetero) is 1. The van der Waals surface area contributed by atoms with Gasteiger partial charge in [0.1, 0.15) is 18.2 Å². The van der Waals surface area contributed by atoms with Crippen molar-refractivity contribution in [2.24, 2.45) is 0 Å². The highest BCUT2D eigenvalue weighted by Crippen LogP contribution is 2.50. The van der Waals surface area contributed by atoms with Crippen LogP contribution in [0.1, 0.15) is 147 Å². The molecule has 4 rings (SSSR count). The number of allylic oxidation sites excluding steroid dienone is 2. The molecule has 2 amide bonds. The Morgan fingerprint density at radius 2 is 1.54 bits per heavy atom. The molecule has 2 aromatic carbocycles. The van der Waals surface area contributed by atoms with E-state index in [9.17, 15) is 14.4 Å². The Morgan fingerprint density at radius 1 is 0.947 bits per heavy atom. The number of carbonyl (C=O) groups is 3. The van der Waals surface area contributed by atoms with Crippen LogP contribution in [0.15, 0.2) is 71.2 Å². The van der Waals surface area contributed by atoms with E-state index in [0.29, 0.717) is 49.9 Å². The molecular formula is C47H75ClN4O4S. The van der Waals surface area contributed by atoms with Crippen LogP contribution < -0.4 is 4.74 Å². The van der Waals surface area contributed by atoms with Crippen LogP contribution >= 0.6 is 24.2 Å². The maximum absolute atomic E-state index is 14.5. The van der Waals surface area contributed by atoms with Crippen LogP contribution in [-0.2, 0) is 4.79 Å². The molecule has 0 radical (unpaired) electrons. The van der Waals surface area contributed by atoms with E-state index < -0.39 is 6.17 Å². The molecule has 0 spiro atoms. The molecule has 2 aromatic rings. The van der Waals surface area contributed by atoms with Gasteiger partial charge >= 0.3 is 6.03 Å². The molecule has 8 nitrogen and oxygen atoms in total. The molecule has 10 heteroatoms. The van der Waals surface area contributed by atoms with Crippen molar-refractivity contribution in [3.63, 3.8) is 0 Å². The molecule has 0 N–H and O–H groups in total. The SMILES string of the molecule is CC(C)N(C)C.CCC=O.CCCCCCC.CCCN(CC)C(=O)N1C(C2=CCC(Cl)C=C2)C(c2ccc(S)cc2)N(C)C1c1ccc(C(C)=O)cc1OCC. The summed E-state index contributed by atoms with van der Waals surface area (Å²) in [4.78, 5) is 45.2. The zero-order valence-electron chi connectivity index (χ0n) is 37.3. The molecule has 1 heterocycles. The van der Waals surface area contributed by atoms with Gasteiger partial charge in [-0.1, -0.05) is 102 Å². The Bertz CT molecular complexity index is 1520. The van der Waals surface area contributed by atoms with E-state index >= 15 is 0 Å². The highest BCUT2D eigenvalue weighted by molar-refractivity contribution is 7.80. The summed E-state index contributed by atoms with van der Waals surface area (Å²) < 4.78 is 6.12. The van der Waals surface area contributed by atoms with E-state index in [-0.39, 0.29) is 29.3 Å². The Balaban J connectivity index is 0.000000799. The number of likely N-dealkylation sites (N-methyl/N-ethyl adjacent to an activating group) is 1. The molecule has 1 aliphatic carbocycles. The Hall–Kier alpha value is -3.11. The van der Waals surface area contributed by atoms with E-state index in [1.165, 1.54) is 32.1 Å². The fraction of sp³-hybridized carbons (Fsp3) is 0.596. The second-order valence-corrected chi connectivity index (χ2v) is 16.1. The summed E-state index contributed by atoms with van der Waals surface area (Å²) in [5, 5.41) is -0.0688. The molecule has 0 saturated carbocycles. The number of hydrogen-bond donors (Lipinski definition) is 1. The van der Waals surface area contributed by atoms with Gasteiger partial charge in [0.05, 0.1) is 24.1 Å². The number of carbonyl (C=O) groups excluding carboxylic acids is 3. The zero-order chi connectivity index (χ0) is 43.1. The van der Waals surface area contributed by atoms with Gasteiger partial charge in [0, 0.05) is 41.6 Å². The van der Waals surface area contributed by atoms with E-state index in [1.54, 1.807) is 13.0 Å². The van der Waals surface area contributed by atoms with Crippen LogP contribution in [0.25, 0.3) is 0 Å². The number of halogens is 1. The molecule has 0 aromatic heterocycles. The first kappa shape index (κ1) is 51.9. The average Bonchev–Trinajstić information content (AvgIpc) is 3.50. The van der Waals surface area contributed by atoms with E-state index in [1.807, 2.05) is 60.9 Å². The van der Waals surface area contributed by atoms with Crippen molar-refractivity contribution in [2.45, 2.75) is 148 Å². The fourth-order valence-corrected chi connectivity index (χ4v) is 6.79. The third-order valence-corrected chi connectivity index (χ3v) is 10.7. The number of urea groups is 1. The Kier molecular flexibility index (Phi) is 25.8. The molecule has 2 aliphatic rings. The first-order valence-electron chi connectivity index (χ1n) is 21.2. The molecular weight excluding hydrogens is 752 g/mol. The van der Waals surface area contributed by atoms with Crippen LogP contribution in [-0.4, -0.2) is 96.0 Å². The average molecular weight is 828 g/mol. The van der Waals surface area contributed by atoms with Gasteiger partial charge in [0.15, 0.2) is 5.78 Å². The summed E-state index contributed by atoms with van der Waals surface area (Å²) in [6, 6.07) is 14.0. The second kappa shape index (κ2) is 28.3. The van der Waals surface area contributed by atoms with Crippen molar-refractivity contribution in [1.29, 1.82) is 0 Å². The summed E-state index contributed by atoms with van der Waals surface area (Å²) >= 11 is 11.0. The normalized spacial score (nSPS) is 18.7. The van der Waals surface area contributed by atoms with E-state index in [0.717, 1.165) is 34.3 Å². The van der Waals surface area contributed by atoms with Gasteiger partial charge in [0.2, 0.25) is 0 Å². The number of unbranched alkanes of at least 4 members (excludes halogenated alkanes) is 4. The molecule has 4 atom stereocenters. The number of nitrogens with zero attached hydrogens (tertiary/aromatic N) is 4. The van der Waals surface area contributed by atoms with Gasteiger partial charge < -0.3 is 19.3 Å². The van der Waals surface area contributed by atoms with Crippen LogP contribution in [0.2, 0.25) is 0 Å². The summed E-state index contributed by atoms with van der Waals surface area (Å²) in [7, 11) is 6.21. The second-order valence-electron chi connectivity index (χ2n) is 15.0. The fourth-order valence-electron chi connectivity index (χ4n) is 6.48. The minimum atomic E-state index is -0.435. The quantitative estimate of drug-likeness (QED) is 0.0634. The maximum Gasteiger partial charge on any atom is 0.322 e. The van der Waals surface area contributed by atoms with Crippen LogP contribution in [0.5, 0.6) is 5.75 Å². The van der Waals surface area contributed by atoms with Gasteiger partial charge in [-0.05, 0) is 97.9 Å². The van der Waals surface area contributed by atoms with Crippen molar-refractivity contribution in [3.8, 4) is 5.75 Å². The number of alkyl halides is 1. The van der Waals surface area contributed by atoms with Crippen LogP contribution in [0.3, 0.4) is 0 Å². The number of amides is 2. The monoisotopic (exact) mass is 827 g/mol. The minimum absolute atomic E-state index is 0.0279. The summed E-state index contributed by atoms with van der Waals surface area (Å²) in [6.07, 6.45) is 15.9. The smallest absolute Gasteiger partial charge is 0.322 e. The topological polar surface area (TPSA) is 73.4 Å². The number of ketones is 1. The summed E-state index contributed by atoms with van der Waals surface area (Å²) in [5.41, 5.74) is 3.58. The van der Waals surface area contributed by atoms with Gasteiger partial charge in [-0.25, -0.2) is 4.79 Å².